The van der Waals surface area contributed by atoms with Crippen molar-refractivity contribution >= 4 is 11.9 Å². The van der Waals surface area contributed by atoms with Gasteiger partial charge in [-0.3, -0.25) is 4.79 Å². The number of carbonyl (C=O) groups excluding carboxylic acids is 2. The summed E-state index contributed by atoms with van der Waals surface area (Å²) in [6.45, 7) is 3.67. The van der Waals surface area contributed by atoms with E-state index in [2.05, 4.69) is 0 Å². The van der Waals surface area contributed by atoms with Crippen LogP contribution in [0.2, 0.25) is 0 Å². The number of primary amides is 1. The maximum absolute atomic E-state index is 10.8. The summed E-state index contributed by atoms with van der Waals surface area (Å²) in [7, 11) is 0. The summed E-state index contributed by atoms with van der Waals surface area (Å²) in [6.07, 6.45) is 2.62. The normalized spacial score (nSPS) is 12.8. The number of carbonyl (C=O) groups is 2. The summed E-state index contributed by atoms with van der Waals surface area (Å²) in [5, 5.41) is 0. The molecule has 0 saturated heterocycles. The third-order valence-electron chi connectivity index (χ3n) is 1.28. The molecule has 1 amide bonds. The van der Waals surface area contributed by atoms with Gasteiger partial charge in [0.15, 0.2) is 0 Å². The average molecular weight is 171 g/mol. The van der Waals surface area contributed by atoms with Gasteiger partial charge in [0.05, 0.1) is 6.10 Å². The summed E-state index contributed by atoms with van der Waals surface area (Å²) in [5.74, 6) is -1.20. The smallest absolute Gasteiger partial charge is 0.331 e. The number of hydrogen-bond acceptors (Lipinski definition) is 3. The molecule has 0 aliphatic heterocycles. The first-order valence-electron chi connectivity index (χ1n) is 3.74. The second-order valence-corrected chi connectivity index (χ2v) is 2.39. The summed E-state index contributed by atoms with van der Waals surface area (Å²) in [6, 6.07) is 0. The first-order valence-corrected chi connectivity index (χ1v) is 3.74. The van der Waals surface area contributed by atoms with E-state index in [0.717, 1.165) is 18.6 Å². The van der Waals surface area contributed by atoms with Crippen LogP contribution in [0.3, 0.4) is 0 Å². The standard InChI is InChI=1S/C8H13NO3/c1-3-6(2)12-8(11)5-4-7(9)10/h4-6H,3H2,1-2H3,(H2,9,10)/b5-4-. The van der Waals surface area contributed by atoms with E-state index >= 15 is 0 Å². The zero-order valence-electron chi connectivity index (χ0n) is 7.24. The van der Waals surface area contributed by atoms with E-state index in [0.29, 0.717) is 0 Å². The van der Waals surface area contributed by atoms with E-state index in [-0.39, 0.29) is 6.10 Å². The van der Waals surface area contributed by atoms with Crippen LogP contribution in [0.15, 0.2) is 12.2 Å². The Morgan fingerprint density at radius 3 is 2.50 bits per heavy atom. The number of nitrogens with two attached hydrogens (primary N) is 1. The second-order valence-electron chi connectivity index (χ2n) is 2.39. The molecule has 0 saturated carbocycles. The van der Waals surface area contributed by atoms with Crippen LogP contribution < -0.4 is 5.73 Å². The SMILES string of the molecule is CCC(C)OC(=O)/C=C\C(N)=O. The van der Waals surface area contributed by atoms with Crippen LogP contribution in [0.5, 0.6) is 0 Å². The highest BCUT2D eigenvalue weighted by molar-refractivity contribution is 5.93. The largest absolute Gasteiger partial charge is 0.460 e. The second kappa shape index (κ2) is 5.35. The van der Waals surface area contributed by atoms with Crippen molar-refractivity contribution in [3.63, 3.8) is 0 Å². The Bertz CT molecular complexity index is 198. The minimum atomic E-state index is -0.656. The van der Waals surface area contributed by atoms with Gasteiger partial charge in [-0.25, -0.2) is 4.79 Å². The molecule has 0 spiro atoms. The maximum atomic E-state index is 10.8. The van der Waals surface area contributed by atoms with Crippen molar-refractivity contribution in [3.05, 3.63) is 12.2 Å². The van der Waals surface area contributed by atoms with Crippen molar-refractivity contribution in [2.45, 2.75) is 26.4 Å². The van der Waals surface area contributed by atoms with Crippen molar-refractivity contribution < 1.29 is 14.3 Å². The Labute approximate surface area is 71.4 Å². The third-order valence-corrected chi connectivity index (χ3v) is 1.28. The van der Waals surface area contributed by atoms with Crippen LogP contribution in [0.25, 0.3) is 0 Å². The van der Waals surface area contributed by atoms with Crippen LogP contribution in [-0.2, 0) is 14.3 Å². The summed E-state index contributed by atoms with van der Waals surface area (Å²) < 4.78 is 4.82. The van der Waals surface area contributed by atoms with Gasteiger partial charge in [-0.15, -0.1) is 0 Å². The molecule has 0 radical (unpaired) electrons. The molecule has 4 nitrogen and oxygen atoms in total. The number of esters is 1. The number of ether oxygens (including phenoxy) is 1. The van der Waals surface area contributed by atoms with E-state index < -0.39 is 11.9 Å². The highest BCUT2D eigenvalue weighted by Gasteiger charge is 2.03. The van der Waals surface area contributed by atoms with E-state index in [4.69, 9.17) is 10.5 Å². The Balaban J connectivity index is 3.81. The van der Waals surface area contributed by atoms with Gasteiger partial charge in [0.25, 0.3) is 0 Å². The monoisotopic (exact) mass is 171 g/mol. The Morgan fingerprint density at radius 2 is 2.08 bits per heavy atom. The van der Waals surface area contributed by atoms with E-state index in [1.807, 2.05) is 6.92 Å². The van der Waals surface area contributed by atoms with Crippen molar-refractivity contribution in [1.82, 2.24) is 0 Å². The van der Waals surface area contributed by atoms with Gasteiger partial charge in [-0.2, -0.15) is 0 Å². The quantitative estimate of drug-likeness (QED) is 0.490. The molecule has 0 bridgehead atoms. The van der Waals surface area contributed by atoms with Crippen molar-refractivity contribution in [3.8, 4) is 0 Å². The molecular formula is C8H13NO3. The van der Waals surface area contributed by atoms with E-state index in [1.54, 1.807) is 6.92 Å². The first-order chi connectivity index (χ1) is 5.56. The maximum Gasteiger partial charge on any atom is 0.331 e. The van der Waals surface area contributed by atoms with Gasteiger partial charge in [0.1, 0.15) is 0 Å². The number of hydrogen-bond donors (Lipinski definition) is 1. The van der Waals surface area contributed by atoms with Gasteiger partial charge < -0.3 is 10.5 Å². The molecule has 68 valence electrons. The highest BCUT2D eigenvalue weighted by atomic mass is 16.5. The fraction of sp³-hybridized carbons (Fsp3) is 0.500. The predicted molar refractivity (Wildman–Crippen MR) is 44.2 cm³/mol. The molecule has 0 rings (SSSR count). The Morgan fingerprint density at radius 1 is 1.50 bits per heavy atom. The lowest BCUT2D eigenvalue weighted by molar-refractivity contribution is -0.142. The highest BCUT2D eigenvalue weighted by Crippen LogP contribution is 1.96. The van der Waals surface area contributed by atoms with E-state index in [9.17, 15) is 9.59 Å². The fourth-order valence-electron chi connectivity index (χ4n) is 0.471. The number of amides is 1. The average Bonchev–Trinajstić information content (AvgIpc) is 2.00. The zero-order valence-corrected chi connectivity index (χ0v) is 7.24. The fourth-order valence-corrected chi connectivity index (χ4v) is 0.471. The third kappa shape index (κ3) is 5.46. The molecule has 0 aromatic heterocycles. The van der Waals surface area contributed by atoms with Gasteiger partial charge in [-0.05, 0) is 13.3 Å². The lowest BCUT2D eigenvalue weighted by Gasteiger charge is -2.07. The number of rotatable bonds is 4. The molecule has 1 atom stereocenters. The first kappa shape index (κ1) is 10.7. The van der Waals surface area contributed by atoms with Gasteiger partial charge >= 0.3 is 5.97 Å². The topological polar surface area (TPSA) is 69.4 Å². The van der Waals surface area contributed by atoms with Crippen LogP contribution in [0.4, 0.5) is 0 Å². The molecule has 0 aliphatic carbocycles. The van der Waals surface area contributed by atoms with Gasteiger partial charge in [0, 0.05) is 12.2 Å². The molecule has 0 aliphatic rings. The molecule has 2 N–H and O–H groups in total. The van der Waals surface area contributed by atoms with Crippen molar-refractivity contribution in [1.29, 1.82) is 0 Å². The van der Waals surface area contributed by atoms with Crippen molar-refractivity contribution in [2.24, 2.45) is 5.73 Å². The molecule has 0 aromatic rings. The molecule has 12 heavy (non-hydrogen) atoms. The lowest BCUT2D eigenvalue weighted by atomic mass is 10.3. The minimum absolute atomic E-state index is 0.130. The summed E-state index contributed by atoms with van der Waals surface area (Å²) in [4.78, 5) is 21.0. The zero-order chi connectivity index (χ0) is 9.56. The molecule has 4 heteroatoms. The van der Waals surface area contributed by atoms with Crippen LogP contribution in [0.1, 0.15) is 20.3 Å². The molecule has 0 aromatic carbocycles. The predicted octanol–water partition coefficient (Wildman–Crippen LogP) is 0.370. The summed E-state index contributed by atoms with van der Waals surface area (Å²) in [5.41, 5.74) is 4.77. The van der Waals surface area contributed by atoms with Gasteiger partial charge in [0.2, 0.25) is 5.91 Å². The molecular weight excluding hydrogens is 158 g/mol. The molecule has 1 unspecified atom stereocenters. The van der Waals surface area contributed by atoms with Crippen LogP contribution in [-0.4, -0.2) is 18.0 Å². The van der Waals surface area contributed by atoms with Crippen LogP contribution >= 0.6 is 0 Å². The van der Waals surface area contributed by atoms with Gasteiger partial charge in [-0.1, -0.05) is 6.92 Å². The van der Waals surface area contributed by atoms with Crippen LogP contribution in [0, 0.1) is 0 Å². The summed E-state index contributed by atoms with van der Waals surface area (Å²) >= 11 is 0. The Hall–Kier alpha value is -1.32. The lowest BCUT2D eigenvalue weighted by Crippen LogP contribution is -2.13. The minimum Gasteiger partial charge on any atom is -0.460 e. The Kier molecular flexibility index (Phi) is 4.76. The molecule has 0 fully saturated rings. The van der Waals surface area contributed by atoms with E-state index in [1.165, 1.54) is 0 Å². The van der Waals surface area contributed by atoms with Crippen molar-refractivity contribution in [2.75, 3.05) is 0 Å². The molecule has 0 heterocycles.